The van der Waals surface area contributed by atoms with E-state index in [4.69, 9.17) is 4.74 Å². The second-order valence-electron chi connectivity index (χ2n) is 8.90. The first kappa shape index (κ1) is 20.7. The maximum atomic E-state index is 6.14. The van der Waals surface area contributed by atoms with Gasteiger partial charge in [0, 0.05) is 45.0 Å². The first-order chi connectivity index (χ1) is 14.6. The van der Waals surface area contributed by atoms with E-state index in [1.807, 2.05) is 19.2 Å². The van der Waals surface area contributed by atoms with Crippen molar-refractivity contribution in [1.29, 1.82) is 0 Å². The predicted octanol–water partition coefficient (Wildman–Crippen LogP) is 3.40. The molecule has 0 spiro atoms. The number of hydrogen-bond acceptors (Lipinski definition) is 4. The average molecular weight is 411 g/mol. The van der Waals surface area contributed by atoms with E-state index in [-0.39, 0.29) is 11.6 Å². The van der Waals surface area contributed by atoms with Crippen LogP contribution in [-0.2, 0) is 19.4 Å². The molecule has 1 atom stereocenters. The molecule has 1 aromatic heterocycles. The number of para-hydroxylation sites is 1. The summed E-state index contributed by atoms with van der Waals surface area (Å²) >= 11 is 0. The average Bonchev–Trinajstić information content (AvgIpc) is 2.95. The third-order valence-electron chi connectivity index (χ3n) is 5.97. The zero-order chi connectivity index (χ0) is 21.0. The number of guanidine groups is 1. The quantitative estimate of drug-likeness (QED) is 0.449. The summed E-state index contributed by atoms with van der Waals surface area (Å²) in [6, 6.07) is 8.43. The van der Waals surface area contributed by atoms with E-state index in [0.29, 0.717) is 0 Å². The molecule has 4 rings (SSSR count). The fourth-order valence-corrected chi connectivity index (χ4v) is 4.47. The molecule has 0 fully saturated rings. The number of fused-ring (bicyclic) bond motifs is 2. The van der Waals surface area contributed by atoms with Gasteiger partial charge in [0.15, 0.2) is 5.96 Å². The normalized spacial score (nSPS) is 20.5. The Labute approximate surface area is 179 Å². The van der Waals surface area contributed by atoms with Crippen LogP contribution >= 0.6 is 0 Å². The van der Waals surface area contributed by atoms with Gasteiger partial charge < -0.3 is 19.9 Å². The first-order valence-electron chi connectivity index (χ1n) is 11.2. The Hall–Kier alpha value is -2.57. The van der Waals surface area contributed by atoms with Crippen molar-refractivity contribution in [3.05, 3.63) is 41.5 Å². The fraction of sp³-hybridized carbons (Fsp3) is 0.609. The molecule has 162 valence electrons. The standard InChI is InChI=1S/C23H34N6O/c1-23(2)16-18(17-10-6-7-11-19(17)30-23)26-22(24-3)25-14-9-13-21-28-27-20-12-5-4-8-15-29(20)21/h6-7,10-11,18H,4-5,8-9,12-16H2,1-3H3,(H2,24,25,26). The van der Waals surface area contributed by atoms with Crippen LogP contribution in [0.2, 0.25) is 0 Å². The lowest BCUT2D eigenvalue weighted by molar-refractivity contribution is 0.0694. The molecule has 0 saturated heterocycles. The summed E-state index contributed by atoms with van der Waals surface area (Å²) < 4.78 is 8.48. The highest BCUT2D eigenvalue weighted by molar-refractivity contribution is 5.80. The molecule has 2 aromatic rings. The molecule has 0 amide bonds. The SMILES string of the molecule is CN=C(NCCCc1nnc2n1CCCCC2)NC1CC(C)(C)Oc2ccccc21. The van der Waals surface area contributed by atoms with Gasteiger partial charge in [-0.05, 0) is 39.2 Å². The number of nitrogens with zero attached hydrogens (tertiary/aromatic N) is 4. The molecular formula is C23H34N6O. The van der Waals surface area contributed by atoms with E-state index in [1.54, 1.807) is 0 Å². The molecule has 2 aliphatic heterocycles. The smallest absolute Gasteiger partial charge is 0.191 e. The van der Waals surface area contributed by atoms with Gasteiger partial charge in [0.2, 0.25) is 0 Å². The Kier molecular flexibility index (Phi) is 6.25. The van der Waals surface area contributed by atoms with Crippen molar-refractivity contribution in [2.24, 2.45) is 4.99 Å². The molecule has 3 heterocycles. The summed E-state index contributed by atoms with van der Waals surface area (Å²) in [7, 11) is 1.82. The monoisotopic (exact) mass is 410 g/mol. The Bertz CT molecular complexity index is 888. The molecule has 0 saturated carbocycles. The van der Waals surface area contributed by atoms with E-state index in [1.165, 1.54) is 24.8 Å². The third kappa shape index (κ3) is 4.77. The number of aryl methyl sites for hydroxylation is 2. The van der Waals surface area contributed by atoms with Crippen molar-refractivity contribution in [1.82, 2.24) is 25.4 Å². The second-order valence-corrected chi connectivity index (χ2v) is 8.90. The minimum atomic E-state index is -0.212. The largest absolute Gasteiger partial charge is 0.487 e. The maximum absolute atomic E-state index is 6.14. The van der Waals surface area contributed by atoms with Crippen LogP contribution in [0.1, 0.15) is 69.2 Å². The maximum Gasteiger partial charge on any atom is 0.191 e. The molecule has 1 unspecified atom stereocenters. The number of nitrogens with one attached hydrogen (secondary N) is 2. The van der Waals surface area contributed by atoms with Gasteiger partial charge in [0.1, 0.15) is 23.0 Å². The Morgan fingerprint density at radius 1 is 1.23 bits per heavy atom. The predicted molar refractivity (Wildman–Crippen MR) is 119 cm³/mol. The van der Waals surface area contributed by atoms with Crippen LogP contribution in [0.5, 0.6) is 5.75 Å². The molecule has 2 aliphatic rings. The van der Waals surface area contributed by atoms with E-state index in [9.17, 15) is 0 Å². The summed E-state index contributed by atoms with van der Waals surface area (Å²) in [5, 5.41) is 15.9. The van der Waals surface area contributed by atoms with Crippen LogP contribution in [-0.4, -0.2) is 39.9 Å². The topological polar surface area (TPSA) is 76.4 Å². The van der Waals surface area contributed by atoms with Gasteiger partial charge >= 0.3 is 0 Å². The lowest BCUT2D eigenvalue weighted by atomic mass is 9.90. The Morgan fingerprint density at radius 3 is 2.97 bits per heavy atom. The summed E-state index contributed by atoms with van der Waals surface area (Å²) in [6.45, 7) is 6.17. The van der Waals surface area contributed by atoms with Crippen molar-refractivity contribution >= 4 is 5.96 Å². The van der Waals surface area contributed by atoms with Crippen LogP contribution in [0, 0.1) is 0 Å². The fourth-order valence-electron chi connectivity index (χ4n) is 4.47. The lowest BCUT2D eigenvalue weighted by Gasteiger charge is -2.38. The highest BCUT2D eigenvalue weighted by Crippen LogP contribution is 2.39. The number of aromatic nitrogens is 3. The zero-order valence-electron chi connectivity index (χ0n) is 18.4. The summed E-state index contributed by atoms with van der Waals surface area (Å²) in [5.74, 6) is 4.06. The molecule has 0 radical (unpaired) electrons. The van der Waals surface area contributed by atoms with E-state index in [2.05, 4.69) is 56.4 Å². The minimum Gasteiger partial charge on any atom is -0.487 e. The summed E-state index contributed by atoms with van der Waals surface area (Å²) in [6.07, 6.45) is 7.63. The molecule has 7 nitrogen and oxygen atoms in total. The molecular weight excluding hydrogens is 376 g/mol. The minimum absolute atomic E-state index is 0.170. The van der Waals surface area contributed by atoms with Crippen molar-refractivity contribution in [3.8, 4) is 5.75 Å². The van der Waals surface area contributed by atoms with E-state index >= 15 is 0 Å². The van der Waals surface area contributed by atoms with Crippen molar-refractivity contribution in [3.63, 3.8) is 0 Å². The molecule has 7 heteroatoms. The lowest BCUT2D eigenvalue weighted by Crippen LogP contribution is -2.45. The number of ether oxygens (including phenoxy) is 1. The first-order valence-corrected chi connectivity index (χ1v) is 11.2. The zero-order valence-corrected chi connectivity index (χ0v) is 18.4. The molecule has 0 bridgehead atoms. The number of benzene rings is 1. The number of aliphatic imine (C=N–C) groups is 1. The van der Waals surface area contributed by atoms with Crippen molar-refractivity contribution in [2.75, 3.05) is 13.6 Å². The molecule has 2 N–H and O–H groups in total. The number of rotatable bonds is 5. The van der Waals surface area contributed by atoms with Crippen LogP contribution < -0.4 is 15.4 Å². The van der Waals surface area contributed by atoms with Crippen LogP contribution in [0.25, 0.3) is 0 Å². The van der Waals surface area contributed by atoms with Crippen LogP contribution in [0.3, 0.4) is 0 Å². The summed E-state index contributed by atoms with van der Waals surface area (Å²) in [5.41, 5.74) is 0.974. The molecule has 30 heavy (non-hydrogen) atoms. The highest BCUT2D eigenvalue weighted by atomic mass is 16.5. The summed E-state index contributed by atoms with van der Waals surface area (Å²) in [4.78, 5) is 4.44. The van der Waals surface area contributed by atoms with Gasteiger partial charge in [-0.25, -0.2) is 0 Å². The van der Waals surface area contributed by atoms with E-state index in [0.717, 1.165) is 62.1 Å². The second kappa shape index (κ2) is 9.06. The van der Waals surface area contributed by atoms with Gasteiger partial charge in [0.05, 0.1) is 6.04 Å². The molecule has 1 aromatic carbocycles. The highest BCUT2D eigenvalue weighted by Gasteiger charge is 2.33. The Morgan fingerprint density at radius 2 is 2.10 bits per heavy atom. The van der Waals surface area contributed by atoms with Gasteiger partial charge in [0.25, 0.3) is 0 Å². The van der Waals surface area contributed by atoms with Crippen molar-refractivity contribution < 1.29 is 4.74 Å². The van der Waals surface area contributed by atoms with Gasteiger partial charge in [-0.2, -0.15) is 0 Å². The van der Waals surface area contributed by atoms with Gasteiger partial charge in [-0.3, -0.25) is 4.99 Å². The van der Waals surface area contributed by atoms with Crippen LogP contribution in [0.4, 0.5) is 0 Å². The van der Waals surface area contributed by atoms with Gasteiger partial charge in [-0.1, -0.05) is 24.6 Å². The number of hydrogen-bond donors (Lipinski definition) is 2. The Balaban J connectivity index is 1.31. The van der Waals surface area contributed by atoms with Crippen molar-refractivity contribution in [2.45, 2.75) is 77.0 Å². The van der Waals surface area contributed by atoms with Crippen LogP contribution in [0.15, 0.2) is 29.3 Å². The molecule has 0 aliphatic carbocycles. The van der Waals surface area contributed by atoms with E-state index < -0.39 is 0 Å². The third-order valence-corrected chi connectivity index (χ3v) is 5.97. The van der Waals surface area contributed by atoms with Gasteiger partial charge in [-0.15, -0.1) is 10.2 Å².